The van der Waals surface area contributed by atoms with Crippen LogP contribution in [0.3, 0.4) is 0 Å². The first-order chi connectivity index (χ1) is 12.8. The monoisotopic (exact) mass is 370 g/mol. The Bertz CT molecular complexity index is 846. The van der Waals surface area contributed by atoms with E-state index in [1.165, 1.54) is 12.1 Å². The maximum Gasteiger partial charge on any atom is 0.311 e. The second-order valence-electron chi connectivity index (χ2n) is 6.23. The Morgan fingerprint density at radius 1 is 1.19 bits per heavy atom. The van der Waals surface area contributed by atoms with E-state index in [1.54, 1.807) is 44.2 Å². The summed E-state index contributed by atoms with van der Waals surface area (Å²) in [7, 11) is 0. The van der Waals surface area contributed by atoms with Gasteiger partial charge >= 0.3 is 5.69 Å². The molecule has 2 rings (SSSR count). The van der Waals surface area contributed by atoms with E-state index < -0.39 is 11.0 Å². The van der Waals surface area contributed by atoms with Crippen molar-refractivity contribution in [3.05, 3.63) is 63.7 Å². The molecule has 1 atom stereocenters. The van der Waals surface area contributed by atoms with Crippen LogP contribution in [0.4, 0.5) is 11.4 Å². The lowest BCUT2D eigenvalue weighted by Crippen LogP contribution is -2.24. The van der Waals surface area contributed by atoms with Gasteiger partial charge in [0.2, 0.25) is 11.7 Å². The van der Waals surface area contributed by atoms with Gasteiger partial charge in [0.15, 0.2) is 11.9 Å². The number of nitrogens with zero attached hydrogens (tertiary/aromatic N) is 1. The third-order valence-corrected chi connectivity index (χ3v) is 3.91. The first kappa shape index (κ1) is 20.1. The Morgan fingerprint density at radius 3 is 2.44 bits per heavy atom. The molecule has 0 spiro atoms. The number of anilines is 1. The lowest BCUT2D eigenvalue weighted by molar-refractivity contribution is -0.386. The van der Waals surface area contributed by atoms with E-state index in [0.717, 1.165) is 12.0 Å². The molecule has 0 aliphatic carbocycles. The molecule has 0 aromatic heterocycles. The fourth-order valence-corrected chi connectivity index (χ4v) is 2.52. The molecule has 1 amide bonds. The van der Waals surface area contributed by atoms with E-state index in [9.17, 15) is 19.7 Å². The molecule has 1 N–H and O–H groups in total. The van der Waals surface area contributed by atoms with E-state index in [4.69, 9.17) is 4.74 Å². The summed E-state index contributed by atoms with van der Waals surface area (Å²) < 4.78 is 5.54. The second-order valence-corrected chi connectivity index (χ2v) is 6.23. The fourth-order valence-electron chi connectivity index (χ4n) is 2.52. The van der Waals surface area contributed by atoms with Crippen LogP contribution >= 0.6 is 0 Å². The molecule has 0 heterocycles. The molecule has 0 fully saturated rings. The van der Waals surface area contributed by atoms with E-state index in [1.807, 2.05) is 6.92 Å². The van der Waals surface area contributed by atoms with E-state index >= 15 is 0 Å². The summed E-state index contributed by atoms with van der Waals surface area (Å²) in [5.41, 5.74) is 1.55. The summed E-state index contributed by atoms with van der Waals surface area (Å²) in [5, 5.41) is 13.9. The van der Waals surface area contributed by atoms with Crippen molar-refractivity contribution in [1.29, 1.82) is 0 Å². The Morgan fingerprint density at radius 2 is 1.85 bits per heavy atom. The number of carbonyl (C=O) groups excluding carboxylic acids is 2. The summed E-state index contributed by atoms with van der Waals surface area (Å²) in [5.74, 6) is -0.342. The van der Waals surface area contributed by atoms with Gasteiger partial charge in [-0.2, -0.15) is 0 Å². The van der Waals surface area contributed by atoms with Gasteiger partial charge in [0.05, 0.1) is 4.92 Å². The van der Waals surface area contributed by atoms with Crippen LogP contribution < -0.4 is 10.1 Å². The maximum absolute atomic E-state index is 12.6. The minimum atomic E-state index is -0.896. The van der Waals surface area contributed by atoms with Gasteiger partial charge in [-0.15, -0.1) is 0 Å². The predicted molar refractivity (Wildman–Crippen MR) is 102 cm³/mol. The van der Waals surface area contributed by atoms with Crippen molar-refractivity contribution >= 4 is 23.1 Å². The van der Waals surface area contributed by atoms with Gasteiger partial charge in [-0.25, -0.2) is 0 Å². The number of ketones is 1. The van der Waals surface area contributed by atoms with Gasteiger partial charge in [0.1, 0.15) is 0 Å². The number of carbonyl (C=O) groups is 2. The summed E-state index contributed by atoms with van der Waals surface area (Å²) in [6, 6.07) is 11.0. The molecular formula is C20H22N2O5. The molecule has 0 unspecified atom stereocenters. The van der Waals surface area contributed by atoms with Crippen LogP contribution in [0.2, 0.25) is 0 Å². The van der Waals surface area contributed by atoms with Crippen molar-refractivity contribution in [2.24, 2.45) is 0 Å². The minimum Gasteiger partial charge on any atom is -0.475 e. The highest BCUT2D eigenvalue weighted by molar-refractivity contribution is 6.00. The second kappa shape index (κ2) is 8.93. The highest BCUT2D eigenvalue weighted by Crippen LogP contribution is 2.29. The summed E-state index contributed by atoms with van der Waals surface area (Å²) in [6.07, 6.45) is 0.287. The number of benzene rings is 2. The third-order valence-electron chi connectivity index (χ3n) is 3.91. The van der Waals surface area contributed by atoms with Crippen molar-refractivity contribution < 1.29 is 19.2 Å². The molecule has 2 aromatic carbocycles. The molecule has 142 valence electrons. The molecule has 0 saturated heterocycles. The van der Waals surface area contributed by atoms with Crippen LogP contribution in [0.15, 0.2) is 42.5 Å². The Labute approximate surface area is 157 Å². The SMILES string of the molecule is CCCC(=O)Nc1ccc(C(=O)[C@H](C)Oc2ccc(C)cc2[N+](=O)[O-])cc1. The number of hydrogen-bond donors (Lipinski definition) is 1. The third kappa shape index (κ3) is 5.37. The number of amides is 1. The standard InChI is InChI=1S/C20H22N2O5/c1-4-5-19(23)21-16-9-7-15(8-10-16)20(24)14(3)27-18-11-6-13(2)12-17(18)22(25)26/h6-12,14H,4-5H2,1-3H3,(H,21,23)/t14-/m0/s1. The smallest absolute Gasteiger partial charge is 0.311 e. The molecule has 7 heteroatoms. The average molecular weight is 370 g/mol. The Hall–Kier alpha value is -3.22. The molecule has 0 radical (unpaired) electrons. The summed E-state index contributed by atoms with van der Waals surface area (Å²) in [6.45, 7) is 5.20. The van der Waals surface area contributed by atoms with Crippen LogP contribution in [0.25, 0.3) is 0 Å². The first-order valence-electron chi connectivity index (χ1n) is 8.67. The number of hydrogen-bond acceptors (Lipinski definition) is 5. The van der Waals surface area contributed by atoms with Crippen molar-refractivity contribution in [3.8, 4) is 5.75 Å². The molecule has 0 saturated carbocycles. The number of nitro benzene ring substituents is 1. The van der Waals surface area contributed by atoms with Gasteiger partial charge in [0.25, 0.3) is 0 Å². The molecule has 2 aromatic rings. The summed E-state index contributed by atoms with van der Waals surface area (Å²) >= 11 is 0. The highest BCUT2D eigenvalue weighted by Gasteiger charge is 2.22. The molecule has 27 heavy (non-hydrogen) atoms. The lowest BCUT2D eigenvalue weighted by atomic mass is 10.1. The van der Waals surface area contributed by atoms with Crippen molar-refractivity contribution in [1.82, 2.24) is 0 Å². The quantitative estimate of drug-likeness (QED) is 0.424. The van der Waals surface area contributed by atoms with Crippen molar-refractivity contribution in [2.45, 2.75) is 39.7 Å². The topological polar surface area (TPSA) is 98.5 Å². The molecular weight excluding hydrogens is 348 g/mol. The van der Waals surface area contributed by atoms with E-state index in [0.29, 0.717) is 17.7 Å². The van der Waals surface area contributed by atoms with Gasteiger partial charge in [0, 0.05) is 23.7 Å². The molecule has 0 aliphatic heterocycles. The minimum absolute atomic E-state index is 0.0508. The highest BCUT2D eigenvalue weighted by atomic mass is 16.6. The van der Waals surface area contributed by atoms with E-state index in [2.05, 4.69) is 5.32 Å². The largest absolute Gasteiger partial charge is 0.475 e. The number of rotatable bonds is 8. The van der Waals surface area contributed by atoms with Crippen LogP contribution in [-0.2, 0) is 4.79 Å². The number of nitro groups is 1. The summed E-state index contributed by atoms with van der Waals surface area (Å²) in [4.78, 5) is 34.8. The van der Waals surface area contributed by atoms with Crippen LogP contribution in [0.1, 0.15) is 42.6 Å². The van der Waals surface area contributed by atoms with Gasteiger partial charge in [-0.3, -0.25) is 19.7 Å². The number of nitrogens with one attached hydrogen (secondary N) is 1. The van der Waals surface area contributed by atoms with Gasteiger partial charge in [-0.1, -0.05) is 13.0 Å². The number of ether oxygens (including phenoxy) is 1. The fraction of sp³-hybridized carbons (Fsp3) is 0.300. The lowest BCUT2D eigenvalue weighted by Gasteiger charge is -2.14. The van der Waals surface area contributed by atoms with E-state index in [-0.39, 0.29) is 23.1 Å². The molecule has 7 nitrogen and oxygen atoms in total. The van der Waals surface area contributed by atoms with Crippen LogP contribution in [0.5, 0.6) is 5.75 Å². The first-order valence-corrected chi connectivity index (χ1v) is 8.67. The number of aryl methyl sites for hydroxylation is 1. The zero-order chi connectivity index (χ0) is 20.0. The molecule has 0 bridgehead atoms. The Kier molecular flexibility index (Phi) is 6.65. The zero-order valence-corrected chi connectivity index (χ0v) is 15.5. The zero-order valence-electron chi connectivity index (χ0n) is 15.5. The van der Waals surface area contributed by atoms with Gasteiger partial charge < -0.3 is 10.1 Å². The predicted octanol–water partition coefficient (Wildman–Crippen LogP) is 4.29. The Balaban J connectivity index is 2.09. The average Bonchev–Trinajstić information content (AvgIpc) is 2.63. The van der Waals surface area contributed by atoms with Crippen molar-refractivity contribution in [3.63, 3.8) is 0 Å². The van der Waals surface area contributed by atoms with Gasteiger partial charge in [-0.05, 0) is 56.2 Å². The van der Waals surface area contributed by atoms with Crippen LogP contribution in [0, 0.1) is 17.0 Å². The van der Waals surface area contributed by atoms with Crippen molar-refractivity contribution in [2.75, 3.05) is 5.32 Å². The van der Waals surface area contributed by atoms with Crippen LogP contribution in [-0.4, -0.2) is 22.7 Å². The maximum atomic E-state index is 12.6. The number of Topliss-reactive ketones (excluding diaryl/α,β-unsaturated/α-hetero) is 1. The normalized spacial score (nSPS) is 11.5. The molecule has 0 aliphatic rings.